The molecule has 1 aliphatic rings. The Kier molecular flexibility index (Phi) is 3.75. The fraction of sp³-hybridized carbons (Fsp3) is 0.375. The molecule has 3 rings (SSSR count). The Balaban J connectivity index is 1.80. The first-order chi connectivity index (χ1) is 10.1. The Labute approximate surface area is 123 Å². The highest BCUT2D eigenvalue weighted by molar-refractivity contribution is 5.95. The summed E-state index contributed by atoms with van der Waals surface area (Å²) in [6.07, 6.45) is 4.63. The van der Waals surface area contributed by atoms with E-state index in [1.807, 2.05) is 25.1 Å². The molecule has 5 heteroatoms. The van der Waals surface area contributed by atoms with E-state index in [2.05, 4.69) is 15.3 Å². The molecular formula is C16H19N3O2. The first-order valence-electron chi connectivity index (χ1n) is 7.19. The Morgan fingerprint density at radius 3 is 2.81 bits per heavy atom. The van der Waals surface area contributed by atoms with Crippen molar-refractivity contribution in [3.05, 3.63) is 53.6 Å². The summed E-state index contributed by atoms with van der Waals surface area (Å²) in [7, 11) is 0. The number of aromatic nitrogens is 2. The fourth-order valence-electron chi connectivity index (χ4n) is 2.81. The minimum Gasteiger partial charge on any atom is -0.393 e. The molecule has 1 fully saturated rings. The number of hydrogen-bond donors (Lipinski definition) is 3. The molecule has 0 spiro atoms. The zero-order chi connectivity index (χ0) is 14.8. The van der Waals surface area contributed by atoms with E-state index in [1.165, 1.54) is 0 Å². The van der Waals surface area contributed by atoms with E-state index >= 15 is 0 Å². The van der Waals surface area contributed by atoms with E-state index in [4.69, 9.17) is 0 Å². The third-order valence-electron chi connectivity index (χ3n) is 4.11. The molecule has 1 aliphatic carbocycles. The van der Waals surface area contributed by atoms with Crippen molar-refractivity contribution in [3.8, 4) is 0 Å². The maximum atomic E-state index is 12.4. The normalized spacial score (nSPS) is 22.4. The third-order valence-corrected chi connectivity index (χ3v) is 4.11. The Bertz CT molecular complexity index is 617. The molecule has 0 bridgehead atoms. The fourth-order valence-corrected chi connectivity index (χ4v) is 2.81. The summed E-state index contributed by atoms with van der Waals surface area (Å²) in [6.45, 7) is 1.87. The number of nitrogens with one attached hydrogen (secondary N) is 2. The second-order valence-corrected chi connectivity index (χ2v) is 5.61. The number of nitrogens with zero attached hydrogens (tertiary/aromatic N) is 1. The van der Waals surface area contributed by atoms with Gasteiger partial charge >= 0.3 is 0 Å². The standard InChI is InChI=1S/C16H19N3O2/c1-10-13(5-7-17-10)16(21)19-15(11-8-12(20)9-11)14-4-2-3-6-18-14/h2-7,11-12,15,17,20H,8-9H2,1H3,(H,19,21)/t11?,12?,15-/m1/s1. The molecule has 3 N–H and O–H groups in total. The molecule has 1 amide bonds. The van der Waals surface area contributed by atoms with Crippen molar-refractivity contribution in [1.29, 1.82) is 0 Å². The third kappa shape index (κ3) is 2.83. The average molecular weight is 285 g/mol. The number of rotatable bonds is 4. The highest BCUT2D eigenvalue weighted by Crippen LogP contribution is 2.37. The van der Waals surface area contributed by atoms with Gasteiger partial charge in [-0.05, 0) is 43.9 Å². The monoisotopic (exact) mass is 285 g/mol. The van der Waals surface area contributed by atoms with Crippen LogP contribution >= 0.6 is 0 Å². The topological polar surface area (TPSA) is 78.0 Å². The SMILES string of the molecule is Cc1[nH]ccc1C(=O)N[C@@H](c1ccccn1)C1CC(O)C1. The number of H-pyrrole nitrogens is 1. The number of pyridine rings is 1. The molecule has 0 aliphatic heterocycles. The second-order valence-electron chi connectivity index (χ2n) is 5.61. The van der Waals surface area contributed by atoms with Crippen LogP contribution in [0.25, 0.3) is 0 Å². The summed E-state index contributed by atoms with van der Waals surface area (Å²) in [6, 6.07) is 7.30. The highest BCUT2D eigenvalue weighted by Gasteiger charge is 2.36. The van der Waals surface area contributed by atoms with E-state index < -0.39 is 0 Å². The molecule has 2 aromatic rings. The maximum absolute atomic E-state index is 12.4. The molecule has 2 aromatic heterocycles. The van der Waals surface area contributed by atoms with Gasteiger partial charge in [-0.25, -0.2) is 0 Å². The summed E-state index contributed by atoms with van der Waals surface area (Å²) >= 11 is 0. The van der Waals surface area contributed by atoms with Crippen LogP contribution in [0.15, 0.2) is 36.7 Å². The van der Waals surface area contributed by atoms with Gasteiger partial charge in [0.05, 0.1) is 23.4 Å². The minimum absolute atomic E-state index is 0.106. The lowest BCUT2D eigenvalue weighted by Gasteiger charge is -2.37. The average Bonchev–Trinajstić information content (AvgIpc) is 2.89. The first-order valence-corrected chi connectivity index (χ1v) is 7.19. The van der Waals surface area contributed by atoms with Crippen LogP contribution in [0, 0.1) is 12.8 Å². The number of aliphatic hydroxyl groups excluding tert-OH is 1. The predicted molar refractivity (Wildman–Crippen MR) is 78.7 cm³/mol. The maximum Gasteiger partial charge on any atom is 0.253 e. The van der Waals surface area contributed by atoms with Crippen molar-refractivity contribution in [2.45, 2.75) is 31.9 Å². The largest absolute Gasteiger partial charge is 0.393 e. The molecule has 0 aromatic carbocycles. The number of hydrogen-bond acceptors (Lipinski definition) is 3. The smallest absolute Gasteiger partial charge is 0.253 e. The number of carbonyl (C=O) groups is 1. The minimum atomic E-state index is -0.257. The molecule has 0 saturated heterocycles. The van der Waals surface area contributed by atoms with Gasteiger partial charge in [-0.2, -0.15) is 0 Å². The van der Waals surface area contributed by atoms with Crippen LogP contribution < -0.4 is 5.32 Å². The number of aromatic amines is 1. The lowest BCUT2D eigenvalue weighted by molar-refractivity contribution is 0.0228. The van der Waals surface area contributed by atoms with Crippen molar-refractivity contribution in [3.63, 3.8) is 0 Å². The Morgan fingerprint density at radius 1 is 1.43 bits per heavy atom. The van der Waals surface area contributed by atoms with Gasteiger partial charge in [-0.15, -0.1) is 0 Å². The van der Waals surface area contributed by atoms with Crippen LogP contribution in [0.1, 0.15) is 40.6 Å². The summed E-state index contributed by atoms with van der Waals surface area (Å²) in [5.74, 6) is 0.129. The van der Waals surface area contributed by atoms with Crippen LogP contribution in [-0.4, -0.2) is 27.1 Å². The van der Waals surface area contributed by atoms with Crippen molar-refractivity contribution in [2.24, 2.45) is 5.92 Å². The van der Waals surface area contributed by atoms with Gasteiger partial charge in [0.15, 0.2) is 0 Å². The summed E-state index contributed by atoms with van der Waals surface area (Å²) < 4.78 is 0. The van der Waals surface area contributed by atoms with Gasteiger partial charge in [-0.1, -0.05) is 6.07 Å². The van der Waals surface area contributed by atoms with Crippen LogP contribution in [0.5, 0.6) is 0 Å². The zero-order valence-electron chi connectivity index (χ0n) is 11.9. The van der Waals surface area contributed by atoms with Crippen LogP contribution in [-0.2, 0) is 0 Å². The number of amides is 1. The Hall–Kier alpha value is -2.14. The van der Waals surface area contributed by atoms with Gasteiger partial charge in [0.25, 0.3) is 5.91 Å². The van der Waals surface area contributed by atoms with Gasteiger partial charge < -0.3 is 15.4 Å². The molecule has 1 atom stereocenters. The number of aryl methyl sites for hydroxylation is 1. The van der Waals surface area contributed by atoms with Crippen molar-refractivity contribution in [2.75, 3.05) is 0 Å². The van der Waals surface area contributed by atoms with Gasteiger partial charge in [0.1, 0.15) is 0 Å². The molecule has 1 saturated carbocycles. The summed E-state index contributed by atoms with van der Waals surface area (Å²) in [5.41, 5.74) is 2.34. The molecule has 110 valence electrons. The lowest BCUT2D eigenvalue weighted by atomic mass is 9.76. The Morgan fingerprint density at radius 2 is 2.24 bits per heavy atom. The lowest BCUT2D eigenvalue weighted by Crippen LogP contribution is -2.41. The molecule has 5 nitrogen and oxygen atoms in total. The predicted octanol–water partition coefficient (Wildman–Crippen LogP) is 1.96. The molecule has 0 radical (unpaired) electrons. The second kappa shape index (κ2) is 5.69. The van der Waals surface area contributed by atoms with Crippen molar-refractivity contribution < 1.29 is 9.90 Å². The molecule has 2 heterocycles. The quantitative estimate of drug-likeness (QED) is 0.803. The summed E-state index contributed by atoms with van der Waals surface area (Å²) in [4.78, 5) is 19.8. The summed E-state index contributed by atoms with van der Waals surface area (Å²) in [5, 5.41) is 12.6. The van der Waals surface area contributed by atoms with E-state index in [-0.39, 0.29) is 24.0 Å². The van der Waals surface area contributed by atoms with E-state index in [9.17, 15) is 9.90 Å². The highest BCUT2D eigenvalue weighted by atomic mass is 16.3. The zero-order valence-corrected chi connectivity index (χ0v) is 11.9. The van der Waals surface area contributed by atoms with Gasteiger partial charge in [-0.3, -0.25) is 9.78 Å². The first kappa shape index (κ1) is 13.8. The van der Waals surface area contributed by atoms with Crippen LogP contribution in [0.2, 0.25) is 0 Å². The van der Waals surface area contributed by atoms with Crippen molar-refractivity contribution in [1.82, 2.24) is 15.3 Å². The van der Waals surface area contributed by atoms with Crippen molar-refractivity contribution >= 4 is 5.91 Å². The molecule has 21 heavy (non-hydrogen) atoms. The molecular weight excluding hydrogens is 266 g/mol. The van der Waals surface area contributed by atoms with Crippen LogP contribution in [0.3, 0.4) is 0 Å². The number of aliphatic hydroxyl groups is 1. The van der Waals surface area contributed by atoms with E-state index in [0.29, 0.717) is 18.4 Å². The molecule has 0 unspecified atom stereocenters. The van der Waals surface area contributed by atoms with Gasteiger partial charge in [0, 0.05) is 18.1 Å². The van der Waals surface area contributed by atoms with Crippen LogP contribution in [0.4, 0.5) is 0 Å². The van der Waals surface area contributed by atoms with E-state index in [0.717, 1.165) is 11.4 Å². The number of carbonyl (C=O) groups excluding carboxylic acids is 1. The van der Waals surface area contributed by atoms with Gasteiger partial charge in [0.2, 0.25) is 0 Å². The van der Waals surface area contributed by atoms with E-state index in [1.54, 1.807) is 18.5 Å².